The van der Waals surface area contributed by atoms with Crippen molar-refractivity contribution in [2.24, 2.45) is 0 Å². The number of hydrogen-bond donors (Lipinski definition) is 2. The predicted octanol–water partition coefficient (Wildman–Crippen LogP) is 2.03. The van der Waals surface area contributed by atoms with Crippen molar-refractivity contribution < 1.29 is 27.5 Å². The van der Waals surface area contributed by atoms with E-state index in [0.29, 0.717) is 11.4 Å². The van der Waals surface area contributed by atoms with Crippen LogP contribution >= 0.6 is 0 Å². The van der Waals surface area contributed by atoms with Crippen LogP contribution < -0.4 is 15.4 Å². The summed E-state index contributed by atoms with van der Waals surface area (Å²) in [4.78, 5) is 34.8. The largest absolute Gasteiger partial charge is 0.482 e. The van der Waals surface area contributed by atoms with Gasteiger partial charge in [0.1, 0.15) is 17.1 Å². The van der Waals surface area contributed by atoms with Crippen LogP contribution in [0.1, 0.15) is 28.3 Å². The third kappa shape index (κ3) is 7.20. The lowest BCUT2D eigenvalue weighted by atomic mass is 10.3. The third-order valence-electron chi connectivity index (χ3n) is 3.45. The van der Waals surface area contributed by atoms with Crippen LogP contribution in [-0.2, 0) is 11.0 Å². The molecule has 0 aliphatic rings. The molecule has 29 heavy (non-hydrogen) atoms. The van der Waals surface area contributed by atoms with Crippen LogP contribution in [0.2, 0.25) is 0 Å². The Balaban J connectivity index is 1.68. The molecule has 0 saturated heterocycles. The van der Waals surface area contributed by atoms with Gasteiger partial charge in [0.15, 0.2) is 6.61 Å². The Morgan fingerprint density at radius 1 is 1.14 bits per heavy atom. The normalized spacial score (nSPS) is 10.9. The molecule has 0 atom stereocenters. The van der Waals surface area contributed by atoms with Crippen LogP contribution in [-0.4, -0.2) is 39.9 Å². The summed E-state index contributed by atoms with van der Waals surface area (Å²) in [6.07, 6.45) is -0.586. The van der Waals surface area contributed by atoms with Crippen molar-refractivity contribution in [3.8, 4) is 5.75 Å². The Hall–Kier alpha value is -3.50. The number of nitrogens with zero attached hydrogens (tertiary/aromatic N) is 3. The monoisotopic (exact) mass is 409 g/mol. The molecule has 2 N–H and O–H groups in total. The number of amides is 2. The second-order valence-electron chi connectivity index (χ2n) is 5.87. The van der Waals surface area contributed by atoms with E-state index in [1.54, 1.807) is 6.92 Å². The van der Waals surface area contributed by atoms with Gasteiger partial charge in [0.25, 0.3) is 11.8 Å². The first kappa shape index (κ1) is 21.8. The Bertz CT molecular complexity index is 868. The molecule has 2 amide bonds. The number of aryl methyl sites for hydroxylation is 1. The van der Waals surface area contributed by atoms with Crippen LogP contribution in [0, 0.1) is 6.92 Å². The van der Waals surface area contributed by atoms with Crippen LogP contribution in [0.5, 0.6) is 5.75 Å². The second kappa shape index (κ2) is 9.62. The summed E-state index contributed by atoms with van der Waals surface area (Å²) in [5, 5.41) is 5.08. The molecule has 0 aliphatic carbocycles. The van der Waals surface area contributed by atoms with Gasteiger partial charge >= 0.3 is 6.18 Å². The summed E-state index contributed by atoms with van der Waals surface area (Å²) in [7, 11) is 0. The lowest BCUT2D eigenvalue weighted by Gasteiger charge is -2.10. The highest BCUT2D eigenvalue weighted by atomic mass is 19.4. The minimum Gasteiger partial charge on any atom is -0.482 e. The number of carbonyl (C=O) groups excluding carboxylic acids is 2. The van der Waals surface area contributed by atoms with E-state index in [2.05, 4.69) is 32.2 Å². The minimum absolute atomic E-state index is 0.0315. The van der Waals surface area contributed by atoms with Crippen molar-refractivity contribution in [2.45, 2.75) is 19.5 Å². The smallest absolute Gasteiger partial charge is 0.433 e. The van der Waals surface area contributed by atoms with Crippen molar-refractivity contribution in [2.75, 3.05) is 13.2 Å². The first-order valence-corrected chi connectivity index (χ1v) is 8.35. The summed E-state index contributed by atoms with van der Waals surface area (Å²) in [6, 6.07) is 1.84. The predicted molar refractivity (Wildman–Crippen MR) is 95.7 cm³/mol. The number of ether oxygens (including phenoxy) is 1. The molecule has 0 fully saturated rings. The van der Waals surface area contributed by atoms with Crippen LogP contribution in [0.25, 0.3) is 0 Å². The summed E-state index contributed by atoms with van der Waals surface area (Å²) in [5.74, 6) is -0.926. The van der Waals surface area contributed by atoms with Crippen LogP contribution in [0.15, 0.2) is 43.0 Å². The molecular formula is C18H18F3N5O3. The molecule has 11 heteroatoms. The van der Waals surface area contributed by atoms with E-state index in [-0.39, 0.29) is 24.4 Å². The molecule has 0 bridgehead atoms. The number of halogens is 3. The molecule has 2 rings (SSSR count). The van der Waals surface area contributed by atoms with Gasteiger partial charge < -0.3 is 15.4 Å². The highest BCUT2D eigenvalue weighted by molar-refractivity contribution is 5.93. The lowest BCUT2D eigenvalue weighted by Crippen LogP contribution is -2.31. The molecule has 2 heterocycles. The molecule has 0 spiro atoms. The molecule has 0 unspecified atom stereocenters. The van der Waals surface area contributed by atoms with Crippen molar-refractivity contribution >= 4 is 11.8 Å². The lowest BCUT2D eigenvalue weighted by molar-refractivity contribution is -0.141. The highest BCUT2D eigenvalue weighted by Gasteiger charge is 2.32. The highest BCUT2D eigenvalue weighted by Crippen LogP contribution is 2.28. The number of nitrogens with one attached hydrogen (secondary N) is 2. The molecule has 0 aliphatic heterocycles. The number of pyridine rings is 1. The average molecular weight is 409 g/mol. The average Bonchev–Trinajstić information content (AvgIpc) is 2.66. The van der Waals surface area contributed by atoms with Crippen LogP contribution in [0.4, 0.5) is 13.2 Å². The van der Waals surface area contributed by atoms with Crippen LogP contribution in [0.3, 0.4) is 0 Å². The molecule has 2 aromatic rings. The Morgan fingerprint density at radius 2 is 1.90 bits per heavy atom. The molecule has 2 aromatic heterocycles. The first-order valence-electron chi connectivity index (χ1n) is 8.35. The van der Waals surface area contributed by atoms with Gasteiger partial charge in [-0.05, 0) is 19.1 Å². The number of alkyl halides is 3. The number of aromatic nitrogens is 3. The van der Waals surface area contributed by atoms with E-state index < -0.39 is 30.3 Å². The zero-order chi connectivity index (χ0) is 21.4. The van der Waals surface area contributed by atoms with Gasteiger partial charge in [-0.1, -0.05) is 6.58 Å². The number of hydrogen-bond acceptors (Lipinski definition) is 6. The van der Waals surface area contributed by atoms with Crippen molar-refractivity contribution in [3.05, 3.63) is 60.1 Å². The first-order chi connectivity index (χ1) is 13.6. The summed E-state index contributed by atoms with van der Waals surface area (Å²) in [5.41, 5.74) is 0.133. The van der Waals surface area contributed by atoms with Gasteiger partial charge in [0, 0.05) is 24.9 Å². The molecule has 0 aromatic carbocycles. The summed E-state index contributed by atoms with van der Waals surface area (Å²) >= 11 is 0. The van der Waals surface area contributed by atoms with E-state index >= 15 is 0 Å². The van der Waals surface area contributed by atoms with E-state index in [1.807, 2.05) is 0 Å². The standard InChI is InChI=1S/C18H18F3N5O3/c1-11(26-17(28)14-9-23-12(2)7-24-14)5-6-22-16(27)10-29-13-3-4-15(25-8-13)18(19,20)21/h3-4,7-9H,1,5-6,10H2,2H3,(H,22,27)(H,26,28). The maximum atomic E-state index is 12.4. The second-order valence-corrected chi connectivity index (χ2v) is 5.87. The maximum Gasteiger partial charge on any atom is 0.433 e. The molecule has 0 radical (unpaired) electrons. The number of carbonyl (C=O) groups is 2. The van der Waals surface area contributed by atoms with Gasteiger partial charge in [0.05, 0.1) is 18.1 Å². The third-order valence-corrected chi connectivity index (χ3v) is 3.45. The Kier molecular flexibility index (Phi) is 7.23. The van der Waals surface area contributed by atoms with E-state index in [4.69, 9.17) is 4.74 Å². The van der Waals surface area contributed by atoms with Gasteiger partial charge in [-0.3, -0.25) is 14.6 Å². The fraction of sp³-hybridized carbons (Fsp3) is 0.278. The summed E-state index contributed by atoms with van der Waals surface area (Å²) in [6.45, 7) is 5.21. The zero-order valence-corrected chi connectivity index (χ0v) is 15.4. The van der Waals surface area contributed by atoms with Crippen molar-refractivity contribution in [1.29, 1.82) is 0 Å². The zero-order valence-electron chi connectivity index (χ0n) is 15.4. The number of rotatable bonds is 8. The van der Waals surface area contributed by atoms with Gasteiger partial charge in [0.2, 0.25) is 0 Å². The molecule has 8 nitrogen and oxygen atoms in total. The van der Waals surface area contributed by atoms with E-state index in [9.17, 15) is 22.8 Å². The van der Waals surface area contributed by atoms with Crippen molar-refractivity contribution in [3.63, 3.8) is 0 Å². The van der Waals surface area contributed by atoms with Gasteiger partial charge in [-0.15, -0.1) is 0 Å². The van der Waals surface area contributed by atoms with Gasteiger partial charge in [-0.2, -0.15) is 13.2 Å². The topological polar surface area (TPSA) is 106 Å². The quantitative estimate of drug-likeness (QED) is 0.691. The Labute approximate surface area is 164 Å². The van der Waals surface area contributed by atoms with Crippen molar-refractivity contribution in [1.82, 2.24) is 25.6 Å². The van der Waals surface area contributed by atoms with E-state index in [0.717, 1.165) is 18.3 Å². The maximum absolute atomic E-state index is 12.4. The summed E-state index contributed by atoms with van der Waals surface area (Å²) < 4.78 is 42.3. The Morgan fingerprint density at radius 3 is 2.48 bits per heavy atom. The fourth-order valence-electron chi connectivity index (χ4n) is 1.98. The molecule has 0 saturated carbocycles. The SMILES string of the molecule is C=C(CCNC(=O)COc1ccc(C(F)(F)F)nc1)NC(=O)c1cnc(C)cn1. The van der Waals surface area contributed by atoms with E-state index in [1.165, 1.54) is 12.4 Å². The molecule has 154 valence electrons. The minimum atomic E-state index is -4.54. The molecular weight excluding hydrogens is 391 g/mol. The fourth-order valence-corrected chi connectivity index (χ4v) is 1.98. The van der Waals surface area contributed by atoms with Gasteiger partial charge in [-0.25, -0.2) is 9.97 Å².